The van der Waals surface area contributed by atoms with Gasteiger partial charge in [0.25, 0.3) is 11.8 Å². The van der Waals surface area contributed by atoms with Crippen LogP contribution in [-0.2, 0) is 24.0 Å². The van der Waals surface area contributed by atoms with Crippen molar-refractivity contribution in [1.29, 1.82) is 0 Å². The second-order valence-electron chi connectivity index (χ2n) is 7.06. The Morgan fingerprint density at radius 3 is 2.24 bits per heavy atom. The number of amides is 3. The van der Waals surface area contributed by atoms with Crippen LogP contribution in [-0.4, -0.2) is 50.4 Å². The Labute approximate surface area is 193 Å². The van der Waals surface area contributed by atoms with Crippen LogP contribution in [0, 0.1) is 0 Å². The largest absolute Gasteiger partial charge is 0.380 e. The zero-order valence-electron chi connectivity index (χ0n) is 18.0. The smallest absolute Gasteiger partial charge is 0.333 e. The minimum Gasteiger partial charge on any atom is -0.380 e. The number of carbonyl (C=O) groups excluding carboxylic acids is 4. The SMILES string of the molecule is N/C(=N\N=C(/N)c1ccc(NC(=O)CCCC(=O)ON2C(=O)CCC2=O)cn1)c1ccccn1. The van der Waals surface area contributed by atoms with Crippen molar-refractivity contribution in [3.63, 3.8) is 0 Å². The number of nitrogens with two attached hydrogens (primary N) is 2. The van der Waals surface area contributed by atoms with E-state index in [-0.39, 0.29) is 49.7 Å². The summed E-state index contributed by atoms with van der Waals surface area (Å²) in [4.78, 5) is 59.6. The third kappa shape index (κ3) is 6.66. The molecule has 3 rings (SSSR count). The third-order valence-corrected chi connectivity index (χ3v) is 4.49. The number of amidine groups is 2. The molecule has 176 valence electrons. The van der Waals surface area contributed by atoms with Crippen molar-refractivity contribution in [1.82, 2.24) is 15.0 Å². The summed E-state index contributed by atoms with van der Waals surface area (Å²) in [5.41, 5.74) is 12.9. The van der Waals surface area contributed by atoms with Gasteiger partial charge in [-0.25, -0.2) is 4.79 Å². The topological polar surface area (TPSA) is 195 Å². The first-order valence-corrected chi connectivity index (χ1v) is 10.2. The number of imide groups is 1. The number of pyridine rings is 2. The lowest BCUT2D eigenvalue weighted by Gasteiger charge is -2.12. The maximum Gasteiger partial charge on any atom is 0.333 e. The highest BCUT2D eigenvalue weighted by molar-refractivity contribution is 6.01. The number of hydroxylamine groups is 2. The van der Waals surface area contributed by atoms with Gasteiger partial charge in [0, 0.05) is 31.9 Å². The maximum absolute atomic E-state index is 12.1. The highest BCUT2D eigenvalue weighted by Crippen LogP contribution is 2.13. The molecule has 0 saturated carbocycles. The maximum atomic E-state index is 12.1. The number of anilines is 1. The molecule has 0 spiro atoms. The monoisotopic (exact) mass is 466 g/mol. The van der Waals surface area contributed by atoms with E-state index in [2.05, 4.69) is 25.5 Å². The summed E-state index contributed by atoms with van der Waals surface area (Å²) < 4.78 is 0. The van der Waals surface area contributed by atoms with Crippen LogP contribution >= 0.6 is 0 Å². The molecule has 0 aromatic carbocycles. The fourth-order valence-corrected chi connectivity index (χ4v) is 2.77. The van der Waals surface area contributed by atoms with Gasteiger partial charge in [-0.15, -0.1) is 15.3 Å². The highest BCUT2D eigenvalue weighted by atomic mass is 16.7. The molecule has 13 heteroatoms. The van der Waals surface area contributed by atoms with Gasteiger partial charge in [0.1, 0.15) is 11.4 Å². The molecule has 0 atom stereocenters. The van der Waals surface area contributed by atoms with Crippen molar-refractivity contribution in [2.75, 3.05) is 5.32 Å². The summed E-state index contributed by atoms with van der Waals surface area (Å²) in [5, 5.41) is 10.8. The van der Waals surface area contributed by atoms with Gasteiger partial charge in [-0.3, -0.25) is 24.4 Å². The first-order valence-electron chi connectivity index (χ1n) is 10.2. The van der Waals surface area contributed by atoms with Crippen molar-refractivity contribution >= 4 is 41.0 Å². The molecule has 0 aliphatic carbocycles. The number of nitrogens with one attached hydrogen (secondary N) is 1. The number of rotatable bonds is 9. The first-order chi connectivity index (χ1) is 16.3. The van der Waals surface area contributed by atoms with Crippen molar-refractivity contribution in [2.45, 2.75) is 32.1 Å². The average molecular weight is 466 g/mol. The molecule has 34 heavy (non-hydrogen) atoms. The second kappa shape index (κ2) is 11.3. The number of aromatic nitrogens is 2. The molecule has 13 nitrogen and oxygen atoms in total. The van der Waals surface area contributed by atoms with E-state index in [1.807, 2.05) is 0 Å². The molecule has 2 aromatic rings. The molecule has 1 saturated heterocycles. The molecule has 0 bridgehead atoms. The van der Waals surface area contributed by atoms with Gasteiger partial charge < -0.3 is 21.6 Å². The highest BCUT2D eigenvalue weighted by Gasteiger charge is 2.32. The predicted octanol–water partition coefficient (Wildman–Crippen LogP) is 0.218. The van der Waals surface area contributed by atoms with Crippen molar-refractivity contribution in [3.05, 3.63) is 54.1 Å². The lowest BCUT2D eigenvalue weighted by Crippen LogP contribution is -2.32. The van der Waals surface area contributed by atoms with Crippen LogP contribution in [0.2, 0.25) is 0 Å². The summed E-state index contributed by atoms with van der Waals surface area (Å²) in [6, 6.07) is 8.31. The molecule has 5 N–H and O–H groups in total. The van der Waals surface area contributed by atoms with Gasteiger partial charge >= 0.3 is 5.97 Å². The molecule has 1 fully saturated rings. The van der Waals surface area contributed by atoms with Crippen LogP contribution in [0.4, 0.5) is 5.69 Å². The van der Waals surface area contributed by atoms with Gasteiger partial charge in [0.2, 0.25) is 5.91 Å². The van der Waals surface area contributed by atoms with Crippen LogP contribution in [0.15, 0.2) is 52.9 Å². The van der Waals surface area contributed by atoms with E-state index in [1.165, 1.54) is 6.20 Å². The Morgan fingerprint density at radius 2 is 1.65 bits per heavy atom. The van der Waals surface area contributed by atoms with Crippen LogP contribution in [0.3, 0.4) is 0 Å². The van der Waals surface area contributed by atoms with E-state index in [0.29, 0.717) is 22.1 Å². The van der Waals surface area contributed by atoms with Gasteiger partial charge in [-0.05, 0) is 30.7 Å². The summed E-state index contributed by atoms with van der Waals surface area (Å²) in [6.45, 7) is 0. The Bertz CT molecular complexity index is 1120. The Balaban J connectivity index is 1.44. The van der Waals surface area contributed by atoms with Crippen molar-refractivity contribution in [2.24, 2.45) is 21.7 Å². The standard InChI is InChI=1S/C21H22N8O5/c22-20(14-4-1-2-11-24-14)27-28-21(23)15-8-7-13(12-25-15)26-16(30)5-3-6-19(33)34-29-17(31)9-10-18(29)32/h1-2,4,7-8,11-12H,3,5-6,9-10H2,(H2,22,27)(H2,23,28)(H,26,30). The Morgan fingerprint density at radius 1 is 0.971 bits per heavy atom. The molecule has 1 aliphatic rings. The average Bonchev–Trinajstić information content (AvgIpc) is 3.15. The number of carbonyl (C=O) groups is 4. The normalized spacial score (nSPS) is 14.3. The van der Waals surface area contributed by atoms with Crippen LogP contribution in [0.1, 0.15) is 43.5 Å². The van der Waals surface area contributed by atoms with E-state index in [4.69, 9.17) is 16.3 Å². The van der Waals surface area contributed by atoms with Gasteiger partial charge in [0.15, 0.2) is 11.7 Å². The van der Waals surface area contributed by atoms with Crippen LogP contribution < -0.4 is 16.8 Å². The Hall–Kier alpha value is -4.68. The van der Waals surface area contributed by atoms with Gasteiger partial charge in [0.05, 0.1) is 11.9 Å². The molecule has 0 radical (unpaired) electrons. The minimum absolute atomic E-state index is 0.0177. The number of hydrogen-bond donors (Lipinski definition) is 3. The lowest BCUT2D eigenvalue weighted by molar-refractivity contribution is -0.197. The predicted molar refractivity (Wildman–Crippen MR) is 120 cm³/mol. The van der Waals surface area contributed by atoms with Crippen molar-refractivity contribution < 1.29 is 24.0 Å². The number of hydrogen-bond acceptors (Lipinski definition) is 9. The summed E-state index contributed by atoms with van der Waals surface area (Å²) in [6.07, 6.45) is 3.06. The van der Waals surface area contributed by atoms with Crippen LogP contribution in [0.25, 0.3) is 0 Å². The molecule has 1 aliphatic heterocycles. The molecular formula is C21H22N8O5. The first kappa shape index (κ1) is 24.0. The van der Waals surface area contributed by atoms with E-state index in [9.17, 15) is 19.2 Å². The van der Waals surface area contributed by atoms with E-state index in [1.54, 1.807) is 36.5 Å². The Kier molecular flexibility index (Phi) is 7.94. The zero-order valence-corrected chi connectivity index (χ0v) is 18.0. The van der Waals surface area contributed by atoms with Crippen molar-refractivity contribution in [3.8, 4) is 0 Å². The van der Waals surface area contributed by atoms with E-state index < -0.39 is 17.8 Å². The molecule has 3 amide bonds. The van der Waals surface area contributed by atoms with Gasteiger partial charge in [-0.1, -0.05) is 6.07 Å². The lowest BCUT2D eigenvalue weighted by atomic mass is 10.2. The quantitative estimate of drug-likeness (QED) is 0.200. The fourth-order valence-electron chi connectivity index (χ4n) is 2.77. The molecule has 2 aromatic heterocycles. The third-order valence-electron chi connectivity index (χ3n) is 4.49. The minimum atomic E-state index is -0.761. The van der Waals surface area contributed by atoms with E-state index >= 15 is 0 Å². The van der Waals surface area contributed by atoms with Crippen LogP contribution in [0.5, 0.6) is 0 Å². The van der Waals surface area contributed by atoms with E-state index in [0.717, 1.165) is 0 Å². The fraction of sp³-hybridized carbons (Fsp3) is 0.238. The summed E-state index contributed by atoms with van der Waals surface area (Å²) in [7, 11) is 0. The zero-order chi connectivity index (χ0) is 24.5. The summed E-state index contributed by atoms with van der Waals surface area (Å²) >= 11 is 0. The molecule has 0 unspecified atom stereocenters. The molecular weight excluding hydrogens is 444 g/mol. The second-order valence-corrected chi connectivity index (χ2v) is 7.06. The number of nitrogens with zero attached hydrogens (tertiary/aromatic N) is 5. The summed E-state index contributed by atoms with van der Waals surface area (Å²) in [5.74, 6) is -2.11. The molecule has 3 heterocycles. The van der Waals surface area contributed by atoms with Gasteiger partial charge in [-0.2, -0.15) is 0 Å².